The average molecular weight is 470 g/mol. The zero-order chi connectivity index (χ0) is 24.0. The van der Waals surface area contributed by atoms with E-state index in [4.69, 9.17) is 4.74 Å². The summed E-state index contributed by atoms with van der Waals surface area (Å²) in [5, 5.41) is 3.31. The number of likely N-dealkylation sites (tertiary alicyclic amines) is 1. The van der Waals surface area contributed by atoms with E-state index < -0.39 is 29.1 Å². The lowest BCUT2D eigenvalue weighted by atomic mass is 9.78. The van der Waals surface area contributed by atoms with Crippen molar-refractivity contribution in [3.63, 3.8) is 0 Å². The van der Waals surface area contributed by atoms with Gasteiger partial charge in [-0.3, -0.25) is 4.79 Å². The second-order valence-corrected chi connectivity index (χ2v) is 8.94. The summed E-state index contributed by atoms with van der Waals surface area (Å²) in [6.07, 6.45) is -3.36. The van der Waals surface area contributed by atoms with E-state index in [-0.39, 0.29) is 42.0 Å². The van der Waals surface area contributed by atoms with Gasteiger partial charge in [-0.25, -0.2) is 4.39 Å². The van der Waals surface area contributed by atoms with Gasteiger partial charge in [0.05, 0.1) is 12.6 Å². The molecular weight excluding hydrogens is 444 g/mol. The van der Waals surface area contributed by atoms with Crippen LogP contribution < -0.4 is 4.74 Å². The van der Waals surface area contributed by atoms with Crippen LogP contribution in [-0.4, -0.2) is 58.1 Å². The Morgan fingerprint density at radius 3 is 2.58 bits per heavy atom. The summed E-state index contributed by atoms with van der Waals surface area (Å²) < 4.78 is 63.4. The van der Waals surface area contributed by atoms with Crippen molar-refractivity contribution in [1.29, 1.82) is 0 Å². The van der Waals surface area contributed by atoms with E-state index in [1.165, 1.54) is 6.07 Å². The average Bonchev–Trinajstić information content (AvgIpc) is 3.21. The molecule has 1 unspecified atom stereocenters. The van der Waals surface area contributed by atoms with E-state index in [0.29, 0.717) is 0 Å². The molecule has 180 valence electrons. The van der Waals surface area contributed by atoms with Crippen molar-refractivity contribution >= 4 is 5.91 Å². The molecule has 2 aliphatic heterocycles. The maximum Gasteiger partial charge on any atom is 0.471 e. The van der Waals surface area contributed by atoms with Crippen molar-refractivity contribution in [2.45, 2.75) is 52.4 Å². The molecule has 2 aromatic rings. The molecule has 0 spiro atoms. The summed E-state index contributed by atoms with van der Waals surface area (Å²) in [5.74, 6) is -2.51. The number of hydrogen-bond donors (Lipinski definition) is 0. The standard InChI is InChI=1S/C22H26F4N4O3/c1-4-29-7-5-21(3,6-8-29)20(31)30-11-15-16(23)9-14(10-17(15)32-12-13(30)2)18-27-19(33-28-18)22(24,25)26/h9-10,13H,4-8,11-12H2,1-3H3. The van der Waals surface area contributed by atoms with Crippen LogP contribution in [0.25, 0.3) is 11.4 Å². The molecule has 1 aromatic carbocycles. The second-order valence-electron chi connectivity index (χ2n) is 8.94. The van der Waals surface area contributed by atoms with Gasteiger partial charge in [0.25, 0.3) is 0 Å². The molecule has 4 rings (SSSR count). The number of ether oxygens (including phenoxy) is 1. The van der Waals surface area contributed by atoms with E-state index >= 15 is 4.39 Å². The van der Waals surface area contributed by atoms with Gasteiger partial charge < -0.3 is 19.1 Å². The summed E-state index contributed by atoms with van der Waals surface area (Å²) >= 11 is 0. The van der Waals surface area contributed by atoms with Gasteiger partial charge in [-0.15, -0.1) is 0 Å². The number of alkyl halides is 3. The number of aromatic nitrogens is 2. The summed E-state index contributed by atoms with van der Waals surface area (Å²) in [5.41, 5.74) is -0.373. The lowest BCUT2D eigenvalue weighted by Gasteiger charge is -2.41. The number of carbonyl (C=O) groups is 1. The lowest BCUT2D eigenvalue weighted by Crippen LogP contribution is -2.51. The minimum atomic E-state index is -4.80. The summed E-state index contributed by atoms with van der Waals surface area (Å²) in [6, 6.07) is 2.11. The number of halogens is 4. The van der Waals surface area contributed by atoms with Crippen LogP contribution in [0.5, 0.6) is 5.75 Å². The first kappa shape index (κ1) is 23.5. The fraction of sp³-hybridized carbons (Fsp3) is 0.591. The smallest absolute Gasteiger partial charge is 0.471 e. The molecule has 2 aliphatic rings. The molecule has 33 heavy (non-hydrogen) atoms. The molecule has 0 N–H and O–H groups in total. The molecule has 0 saturated carbocycles. The molecular formula is C22H26F4N4O3. The molecule has 0 bridgehead atoms. The minimum Gasteiger partial charge on any atom is -0.491 e. The van der Waals surface area contributed by atoms with Gasteiger partial charge in [-0.1, -0.05) is 19.0 Å². The first-order valence-electron chi connectivity index (χ1n) is 10.9. The molecule has 11 heteroatoms. The Hall–Kier alpha value is -2.69. The Morgan fingerprint density at radius 1 is 1.27 bits per heavy atom. The highest BCUT2D eigenvalue weighted by atomic mass is 19.4. The Labute approximate surface area is 188 Å². The van der Waals surface area contributed by atoms with Gasteiger partial charge in [0.15, 0.2) is 0 Å². The van der Waals surface area contributed by atoms with E-state index in [2.05, 4.69) is 26.5 Å². The topological polar surface area (TPSA) is 71.7 Å². The third-order valence-corrected chi connectivity index (χ3v) is 6.61. The van der Waals surface area contributed by atoms with E-state index in [9.17, 15) is 18.0 Å². The van der Waals surface area contributed by atoms with Gasteiger partial charge >= 0.3 is 12.1 Å². The number of fused-ring (bicyclic) bond motifs is 1. The number of piperidine rings is 1. The number of nitrogens with zero attached hydrogens (tertiary/aromatic N) is 4. The van der Waals surface area contributed by atoms with Crippen molar-refractivity contribution < 1.29 is 31.6 Å². The lowest BCUT2D eigenvalue weighted by molar-refractivity contribution is -0.159. The highest BCUT2D eigenvalue weighted by molar-refractivity contribution is 5.83. The highest BCUT2D eigenvalue weighted by Gasteiger charge is 2.42. The fourth-order valence-corrected chi connectivity index (χ4v) is 4.30. The first-order chi connectivity index (χ1) is 15.5. The summed E-state index contributed by atoms with van der Waals surface area (Å²) in [7, 11) is 0. The summed E-state index contributed by atoms with van der Waals surface area (Å²) in [4.78, 5) is 20.8. The van der Waals surface area contributed by atoms with Crippen LogP contribution in [0, 0.1) is 11.2 Å². The van der Waals surface area contributed by atoms with Crippen LogP contribution in [0.15, 0.2) is 16.7 Å². The third kappa shape index (κ3) is 4.55. The second kappa shape index (κ2) is 8.58. The zero-order valence-electron chi connectivity index (χ0n) is 18.7. The van der Waals surface area contributed by atoms with Crippen molar-refractivity contribution in [2.24, 2.45) is 5.41 Å². The van der Waals surface area contributed by atoms with Crippen molar-refractivity contribution in [1.82, 2.24) is 19.9 Å². The third-order valence-electron chi connectivity index (χ3n) is 6.61. The van der Waals surface area contributed by atoms with Crippen molar-refractivity contribution in [2.75, 3.05) is 26.2 Å². The normalized spacial score (nSPS) is 21.3. The Balaban J connectivity index is 1.60. The molecule has 0 radical (unpaired) electrons. The first-order valence-corrected chi connectivity index (χ1v) is 10.9. The fourth-order valence-electron chi connectivity index (χ4n) is 4.30. The van der Waals surface area contributed by atoms with Gasteiger partial charge in [0.1, 0.15) is 18.2 Å². The van der Waals surface area contributed by atoms with Crippen LogP contribution in [0.2, 0.25) is 0 Å². The van der Waals surface area contributed by atoms with Gasteiger partial charge in [0.2, 0.25) is 11.7 Å². The van der Waals surface area contributed by atoms with Crippen LogP contribution in [-0.2, 0) is 17.5 Å². The number of benzene rings is 1. The van der Waals surface area contributed by atoms with Crippen LogP contribution in [0.3, 0.4) is 0 Å². The van der Waals surface area contributed by atoms with Gasteiger partial charge in [-0.05, 0) is 51.5 Å². The molecule has 7 nitrogen and oxygen atoms in total. The largest absolute Gasteiger partial charge is 0.491 e. The van der Waals surface area contributed by atoms with Crippen molar-refractivity contribution in [3.05, 3.63) is 29.4 Å². The number of amides is 1. The molecule has 0 aliphatic carbocycles. The van der Waals surface area contributed by atoms with Crippen molar-refractivity contribution in [3.8, 4) is 17.1 Å². The molecule has 1 aromatic heterocycles. The molecule has 1 fully saturated rings. The van der Waals surface area contributed by atoms with Crippen LogP contribution in [0.1, 0.15) is 45.1 Å². The van der Waals surface area contributed by atoms with E-state index in [0.717, 1.165) is 38.5 Å². The minimum absolute atomic E-state index is 0.00294. The highest BCUT2D eigenvalue weighted by Crippen LogP contribution is 2.38. The molecule has 3 heterocycles. The van der Waals surface area contributed by atoms with E-state index in [1.807, 2.05) is 13.8 Å². The maximum atomic E-state index is 15.1. The zero-order valence-corrected chi connectivity index (χ0v) is 18.7. The molecule has 1 atom stereocenters. The molecule has 1 saturated heterocycles. The molecule has 1 amide bonds. The monoisotopic (exact) mass is 470 g/mol. The van der Waals surface area contributed by atoms with Gasteiger partial charge in [0, 0.05) is 16.5 Å². The maximum absolute atomic E-state index is 15.1. The number of rotatable bonds is 3. The van der Waals surface area contributed by atoms with E-state index in [1.54, 1.807) is 4.90 Å². The predicted octanol–water partition coefficient (Wildman–Crippen LogP) is 4.13. The van der Waals surface area contributed by atoms with Crippen LogP contribution >= 0.6 is 0 Å². The van der Waals surface area contributed by atoms with Crippen LogP contribution in [0.4, 0.5) is 17.6 Å². The SMILES string of the molecule is CCN1CCC(C)(C(=O)N2Cc3c(F)cc(-c4noc(C(F)(F)F)n4)cc3OCC2C)CC1. The Kier molecular flexibility index (Phi) is 6.10. The number of carbonyl (C=O) groups excluding carboxylic acids is 1. The predicted molar refractivity (Wildman–Crippen MR) is 110 cm³/mol. The summed E-state index contributed by atoms with van der Waals surface area (Å²) in [6.45, 7) is 8.60. The Bertz CT molecular complexity index is 1030. The quantitative estimate of drug-likeness (QED) is 0.629. The van der Waals surface area contributed by atoms with Gasteiger partial charge in [-0.2, -0.15) is 18.2 Å². The Morgan fingerprint density at radius 2 is 1.97 bits per heavy atom. The number of hydrogen-bond acceptors (Lipinski definition) is 6.